The highest BCUT2D eigenvalue weighted by Crippen LogP contribution is 2.10. The molecule has 1 aromatic carbocycles. The fourth-order valence-corrected chi connectivity index (χ4v) is 1.99. The summed E-state index contributed by atoms with van der Waals surface area (Å²) >= 11 is 1.75. The predicted molar refractivity (Wildman–Crippen MR) is 72.3 cm³/mol. The highest BCUT2D eigenvalue weighted by molar-refractivity contribution is 7.97. The van der Waals surface area contributed by atoms with Crippen LogP contribution in [0, 0.1) is 0 Å². The van der Waals surface area contributed by atoms with E-state index in [1.165, 1.54) is 5.56 Å². The lowest BCUT2D eigenvalue weighted by Crippen LogP contribution is -2.36. The molecule has 0 radical (unpaired) electrons. The van der Waals surface area contributed by atoms with Gasteiger partial charge in [-0.3, -0.25) is 4.79 Å². The number of nitrogens with one attached hydrogen (secondary N) is 1. The van der Waals surface area contributed by atoms with Gasteiger partial charge in [-0.15, -0.1) is 0 Å². The zero-order valence-electron chi connectivity index (χ0n) is 10.3. The van der Waals surface area contributed by atoms with E-state index in [1.807, 2.05) is 37.4 Å². The molecular formula is C13H19NO2S. The Kier molecular flexibility index (Phi) is 6.08. The van der Waals surface area contributed by atoms with Crippen LogP contribution in [0.2, 0.25) is 0 Å². The number of amides is 1. The summed E-state index contributed by atoms with van der Waals surface area (Å²) < 4.78 is 0. The van der Waals surface area contributed by atoms with Crippen molar-refractivity contribution in [3.8, 4) is 0 Å². The Bertz CT molecular complexity index is 347. The van der Waals surface area contributed by atoms with Gasteiger partial charge in [0.25, 0.3) is 5.91 Å². The number of aliphatic hydroxyl groups is 1. The van der Waals surface area contributed by atoms with Gasteiger partial charge in [-0.2, -0.15) is 11.8 Å². The number of aliphatic hydroxyl groups excluding tert-OH is 1. The van der Waals surface area contributed by atoms with E-state index in [-0.39, 0.29) is 18.6 Å². The molecule has 0 aliphatic rings. The molecule has 0 heterocycles. The fraction of sp³-hybridized carbons (Fsp3) is 0.462. The Morgan fingerprint density at radius 3 is 2.53 bits per heavy atom. The largest absolute Gasteiger partial charge is 0.394 e. The summed E-state index contributed by atoms with van der Waals surface area (Å²) in [6, 6.07) is 7.42. The second-order valence-electron chi connectivity index (χ2n) is 3.89. The molecule has 0 aliphatic carbocycles. The Balaban J connectivity index is 2.63. The van der Waals surface area contributed by atoms with Crippen molar-refractivity contribution < 1.29 is 9.90 Å². The van der Waals surface area contributed by atoms with E-state index < -0.39 is 0 Å². The maximum atomic E-state index is 11.8. The molecule has 17 heavy (non-hydrogen) atoms. The Morgan fingerprint density at radius 2 is 2.06 bits per heavy atom. The Morgan fingerprint density at radius 1 is 1.41 bits per heavy atom. The molecule has 0 bridgehead atoms. The predicted octanol–water partition coefficient (Wildman–Crippen LogP) is 2.05. The monoisotopic (exact) mass is 253 g/mol. The molecule has 0 saturated heterocycles. The summed E-state index contributed by atoms with van der Waals surface area (Å²) in [4.78, 5) is 11.8. The molecule has 2 N–H and O–H groups in total. The van der Waals surface area contributed by atoms with Gasteiger partial charge in [0.1, 0.15) is 0 Å². The first-order valence-electron chi connectivity index (χ1n) is 5.70. The molecule has 1 aromatic rings. The first kappa shape index (κ1) is 14.1. The molecular weight excluding hydrogens is 234 g/mol. The minimum Gasteiger partial charge on any atom is -0.394 e. The summed E-state index contributed by atoms with van der Waals surface area (Å²) in [6.07, 6.45) is 2.78. The maximum Gasteiger partial charge on any atom is 0.251 e. The number of carbonyl (C=O) groups is 1. The third kappa shape index (κ3) is 4.40. The quantitative estimate of drug-likeness (QED) is 0.816. The topological polar surface area (TPSA) is 49.3 Å². The molecule has 0 aromatic heterocycles. The van der Waals surface area contributed by atoms with Crippen LogP contribution in [0.1, 0.15) is 29.3 Å². The van der Waals surface area contributed by atoms with Crippen molar-refractivity contribution in [3.05, 3.63) is 35.4 Å². The highest BCUT2D eigenvalue weighted by atomic mass is 32.2. The first-order chi connectivity index (χ1) is 8.21. The van der Waals surface area contributed by atoms with Crippen molar-refractivity contribution in [1.82, 2.24) is 5.32 Å². The zero-order valence-corrected chi connectivity index (χ0v) is 11.1. The Hall–Kier alpha value is -1.00. The summed E-state index contributed by atoms with van der Waals surface area (Å²) in [7, 11) is 0. The fourth-order valence-electron chi connectivity index (χ4n) is 1.46. The van der Waals surface area contributed by atoms with E-state index in [1.54, 1.807) is 11.8 Å². The molecule has 0 fully saturated rings. The van der Waals surface area contributed by atoms with Crippen molar-refractivity contribution in [3.63, 3.8) is 0 Å². The summed E-state index contributed by atoms with van der Waals surface area (Å²) in [5.41, 5.74) is 1.85. The van der Waals surface area contributed by atoms with Gasteiger partial charge in [0.05, 0.1) is 12.6 Å². The molecule has 1 unspecified atom stereocenters. The number of carbonyl (C=O) groups excluding carboxylic acids is 1. The van der Waals surface area contributed by atoms with Crippen molar-refractivity contribution in [2.45, 2.75) is 25.1 Å². The first-order valence-corrected chi connectivity index (χ1v) is 7.10. The van der Waals surface area contributed by atoms with Crippen LogP contribution in [0.15, 0.2) is 24.3 Å². The zero-order chi connectivity index (χ0) is 12.7. The van der Waals surface area contributed by atoms with Gasteiger partial charge < -0.3 is 10.4 Å². The molecule has 0 spiro atoms. The standard InChI is InChI=1S/C13H19NO2S/c1-3-12(8-15)14-13(16)11-6-4-10(5-7-11)9-17-2/h4-7,12,15H,3,8-9H2,1-2H3,(H,14,16). The van der Waals surface area contributed by atoms with Gasteiger partial charge in [0.2, 0.25) is 0 Å². The van der Waals surface area contributed by atoms with Gasteiger partial charge in [-0.1, -0.05) is 19.1 Å². The summed E-state index contributed by atoms with van der Waals surface area (Å²) in [6.45, 7) is 1.91. The van der Waals surface area contributed by atoms with Gasteiger partial charge in [0.15, 0.2) is 0 Å². The minimum atomic E-state index is -0.159. The highest BCUT2D eigenvalue weighted by Gasteiger charge is 2.10. The van der Waals surface area contributed by atoms with Gasteiger partial charge in [-0.05, 0) is 30.4 Å². The second kappa shape index (κ2) is 7.35. The van der Waals surface area contributed by atoms with Crippen molar-refractivity contribution in [2.24, 2.45) is 0 Å². The average Bonchev–Trinajstić information content (AvgIpc) is 2.37. The number of hydrogen-bond acceptors (Lipinski definition) is 3. The van der Waals surface area contributed by atoms with Crippen LogP contribution < -0.4 is 5.32 Å². The van der Waals surface area contributed by atoms with Crippen LogP contribution in [0.4, 0.5) is 0 Å². The van der Waals surface area contributed by atoms with Crippen LogP contribution in [0.3, 0.4) is 0 Å². The van der Waals surface area contributed by atoms with Gasteiger partial charge >= 0.3 is 0 Å². The van der Waals surface area contributed by atoms with Crippen molar-refractivity contribution >= 4 is 17.7 Å². The van der Waals surface area contributed by atoms with E-state index >= 15 is 0 Å². The lowest BCUT2D eigenvalue weighted by atomic mass is 10.1. The molecule has 3 nitrogen and oxygen atoms in total. The van der Waals surface area contributed by atoms with Crippen molar-refractivity contribution in [2.75, 3.05) is 12.9 Å². The van der Waals surface area contributed by atoms with Gasteiger partial charge in [0, 0.05) is 11.3 Å². The normalized spacial score (nSPS) is 12.2. The lowest BCUT2D eigenvalue weighted by Gasteiger charge is -2.14. The van der Waals surface area contributed by atoms with E-state index in [0.717, 1.165) is 12.2 Å². The molecule has 1 amide bonds. The van der Waals surface area contributed by atoms with Crippen LogP contribution in [-0.2, 0) is 5.75 Å². The van der Waals surface area contributed by atoms with Crippen LogP contribution >= 0.6 is 11.8 Å². The van der Waals surface area contributed by atoms with Crippen LogP contribution in [0.25, 0.3) is 0 Å². The SMILES string of the molecule is CCC(CO)NC(=O)c1ccc(CSC)cc1. The van der Waals surface area contributed by atoms with E-state index in [9.17, 15) is 4.79 Å². The van der Waals surface area contributed by atoms with E-state index in [2.05, 4.69) is 5.32 Å². The molecule has 0 saturated carbocycles. The van der Waals surface area contributed by atoms with Crippen LogP contribution in [0.5, 0.6) is 0 Å². The molecule has 94 valence electrons. The lowest BCUT2D eigenvalue weighted by molar-refractivity contribution is 0.0915. The van der Waals surface area contributed by atoms with Crippen LogP contribution in [-0.4, -0.2) is 29.9 Å². The molecule has 1 rings (SSSR count). The number of hydrogen-bond donors (Lipinski definition) is 2. The van der Waals surface area contributed by atoms with E-state index in [4.69, 9.17) is 5.11 Å². The number of benzene rings is 1. The van der Waals surface area contributed by atoms with Gasteiger partial charge in [-0.25, -0.2) is 0 Å². The second-order valence-corrected chi connectivity index (χ2v) is 4.76. The smallest absolute Gasteiger partial charge is 0.251 e. The van der Waals surface area contributed by atoms with Crippen molar-refractivity contribution in [1.29, 1.82) is 0 Å². The number of thioether (sulfide) groups is 1. The average molecular weight is 253 g/mol. The minimum absolute atomic E-state index is 0.0210. The third-order valence-corrected chi connectivity index (χ3v) is 3.20. The molecule has 4 heteroatoms. The third-order valence-electron chi connectivity index (χ3n) is 2.58. The molecule has 1 atom stereocenters. The summed E-state index contributed by atoms with van der Waals surface area (Å²) in [5, 5.41) is 11.8. The number of rotatable bonds is 6. The summed E-state index contributed by atoms with van der Waals surface area (Å²) in [5.74, 6) is 0.831. The Labute approximate surface area is 107 Å². The molecule has 0 aliphatic heterocycles. The van der Waals surface area contributed by atoms with E-state index in [0.29, 0.717) is 5.56 Å². The maximum absolute atomic E-state index is 11.8.